The smallest absolute Gasteiger partial charge is 0.328 e. The number of carboxylic acid groups (broad SMARTS) is 1. The molecule has 18 heavy (non-hydrogen) atoms. The molecule has 0 bridgehead atoms. The van der Waals surface area contributed by atoms with Crippen LogP contribution in [0.3, 0.4) is 0 Å². The first-order valence-corrected chi connectivity index (χ1v) is 5.71. The zero-order valence-corrected chi connectivity index (χ0v) is 10.5. The van der Waals surface area contributed by atoms with E-state index in [1.165, 1.54) is 6.08 Å². The molecule has 1 atom stereocenters. The van der Waals surface area contributed by atoms with Gasteiger partial charge in [0.25, 0.3) is 0 Å². The number of nitrogens with zero attached hydrogens (tertiary/aromatic N) is 1. The normalized spacial score (nSPS) is 12.1. The van der Waals surface area contributed by atoms with Crippen LogP contribution in [-0.4, -0.2) is 17.2 Å². The Balaban J connectivity index is 3.04. The van der Waals surface area contributed by atoms with Crippen LogP contribution < -0.4 is 4.74 Å². The van der Waals surface area contributed by atoms with Gasteiger partial charge in [-0.3, -0.25) is 0 Å². The van der Waals surface area contributed by atoms with Crippen LogP contribution >= 0.6 is 11.6 Å². The van der Waals surface area contributed by atoms with Crippen molar-refractivity contribution < 1.29 is 14.6 Å². The van der Waals surface area contributed by atoms with Crippen molar-refractivity contribution in [2.45, 2.75) is 19.4 Å². The van der Waals surface area contributed by atoms with Gasteiger partial charge in [0.2, 0.25) is 0 Å². The van der Waals surface area contributed by atoms with Crippen molar-refractivity contribution in [2.24, 2.45) is 0 Å². The predicted octanol–water partition coefficient (Wildman–Crippen LogP) is 3.12. The van der Waals surface area contributed by atoms with Gasteiger partial charge in [0, 0.05) is 16.7 Å². The molecular formula is C13H12ClNO3. The van der Waals surface area contributed by atoms with Crippen molar-refractivity contribution in [3.05, 3.63) is 34.9 Å². The summed E-state index contributed by atoms with van der Waals surface area (Å²) in [5.74, 6) is -0.626. The van der Waals surface area contributed by atoms with Crippen LogP contribution in [-0.2, 0) is 4.79 Å². The summed E-state index contributed by atoms with van der Waals surface area (Å²) < 4.78 is 5.47. The Morgan fingerprint density at radius 1 is 1.67 bits per heavy atom. The van der Waals surface area contributed by atoms with Crippen LogP contribution in [0.25, 0.3) is 6.08 Å². The van der Waals surface area contributed by atoms with Gasteiger partial charge in [0.15, 0.2) is 6.10 Å². The van der Waals surface area contributed by atoms with Crippen LogP contribution in [0.5, 0.6) is 5.75 Å². The van der Waals surface area contributed by atoms with E-state index in [4.69, 9.17) is 26.7 Å². The van der Waals surface area contributed by atoms with Gasteiger partial charge in [0.05, 0.1) is 0 Å². The monoisotopic (exact) mass is 265 g/mol. The molecule has 4 nitrogen and oxygen atoms in total. The number of halogens is 1. The number of rotatable bonds is 5. The molecule has 0 spiro atoms. The van der Waals surface area contributed by atoms with Crippen molar-refractivity contribution in [3.8, 4) is 11.8 Å². The minimum absolute atomic E-state index is 0.435. The molecule has 94 valence electrons. The van der Waals surface area contributed by atoms with Gasteiger partial charge in [-0.05, 0) is 30.7 Å². The molecule has 0 aromatic heterocycles. The molecule has 0 aliphatic rings. The zero-order valence-electron chi connectivity index (χ0n) is 9.76. The van der Waals surface area contributed by atoms with E-state index in [2.05, 4.69) is 0 Å². The lowest BCUT2D eigenvalue weighted by Crippen LogP contribution is -2.12. The number of aliphatic carboxylic acids is 1. The summed E-state index contributed by atoms with van der Waals surface area (Å²) in [5, 5.41) is 17.9. The lowest BCUT2D eigenvalue weighted by atomic mass is 10.2. The first kappa shape index (κ1) is 14.1. The standard InChI is InChI=1S/C13H12ClNO3/c1-2-11(8-15)18-12-5-4-10(14)7-9(12)3-6-13(16)17/h3-7,11H,2H2,1H3,(H,16,17). The molecule has 1 aromatic carbocycles. The molecule has 1 N–H and O–H groups in total. The van der Waals surface area contributed by atoms with Crippen LogP contribution in [0.2, 0.25) is 5.02 Å². The third-order valence-corrected chi connectivity index (χ3v) is 2.40. The lowest BCUT2D eigenvalue weighted by Gasteiger charge is -2.12. The number of benzene rings is 1. The number of carbonyl (C=O) groups is 1. The SMILES string of the molecule is CCC(C#N)Oc1ccc(Cl)cc1C=CC(=O)O. The van der Waals surface area contributed by atoms with Crippen molar-refractivity contribution in [1.82, 2.24) is 0 Å². The highest BCUT2D eigenvalue weighted by molar-refractivity contribution is 6.30. The summed E-state index contributed by atoms with van der Waals surface area (Å²) in [4.78, 5) is 10.5. The zero-order chi connectivity index (χ0) is 13.5. The van der Waals surface area contributed by atoms with E-state index >= 15 is 0 Å². The van der Waals surface area contributed by atoms with Crippen LogP contribution in [0.1, 0.15) is 18.9 Å². The highest BCUT2D eigenvalue weighted by Gasteiger charge is 2.09. The van der Waals surface area contributed by atoms with E-state index in [0.29, 0.717) is 22.8 Å². The van der Waals surface area contributed by atoms with E-state index < -0.39 is 12.1 Å². The Morgan fingerprint density at radius 3 is 2.94 bits per heavy atom. The van der Waals surface area contributed by atoms with Crippen LogP contribution in [0.4, 0.5) is 0 Å². The van der Waals surface area contributed by atoms with Gasteiger partial charge in [-0.25, -0.2) is 4.79 Å². The number of ether oxygens (including phenoxy) is 1. The molecule has 0 fully saturated rings. The first-order valence-electron chi connectivity index (χ1n) is 5.33. The summed E-state index contributed by atoms with van der Waals surface area (Å²) >= 11 is 5.83. The van der Waals surface area contributed by atoms with Gasteiger partial charge < -0.3 is 9.84 Å². The minimum atomic E-state index is -1.06. The average Bonchev–Trinajstić information content (AvgIpc) is 2.35. The third-order valence-electron chi connectivity index (χ3n) is 2.16. The Labute approximate surface area is 110 Å². The molecule has 5 heteroatoms. The van der Waals surface area contributed by atoms with Crippen molar-refractivity contribution in [3.63, 3.8) is 0 Å². The van der Waals surface area contributed by atoms with Crippen molar-refractivity contribution in [2.75, 3.05) is 0 Å². The van der Waals surface area contributed by atoms with Gasteiger partial charge >= 0.3 is 5.97 Å². The van der Waals surface area contributed by atoms with Gasteiger partial charge in [0.1, 0.15) is 11.8 Å². The fourth-order valence-corrected chi connectivity index (χ4v) is 1.45. The van der Waals surface area contributed by atoms with Crippen molar-refractivity contribution in [1.29, 1.82) is 5.26 Å². The number of hydrogen-bond donors (Lipinski definition) is 1. The second-order valence-corrected chi connectivity index (χ2v) is 3.93. The largest absolute Gasteiger partial charge is 0.478 e. The Bertz CT molecular complexity index is 505. The maximum absolute atomic E-state index is 10.5. The molecule has 1 rings (SSSR count). The molecule has 0 saturated heterocycles. The maximum Gasteiger partial charge on any atom is 0.328 e. The molecule has 0 aliphatic carbocycles. The van der Waals surface area contributed by atoms with Gasteiger partial charge in [-0.2, -0.15) is 5.26 Å². The van der Waals surface area contributed by atoms with Gasteiger partial charge in [-0.1, -0.05) is 18.5 Å². The van der Waals surface area contributed by atoms with E-state index in [1.54, 1.807) is 18.2 Å². The molecule has 1 unspecified atom stereocenters. The summed E-state index contributed by atoms with van der Waals surface area (Å²) in [6.07, 6.45) is 2.35. The topological polar surface area (TPSA) is 70.3 Å². The highest BCUT2D eigenvalue weighted by Crippen LogP contribution is 2.25. The number of hydrogen-bond acceptors (Lipinski definition) is 3. The second-order valence-electron chi connectivity index (χ2n) is 3.50. The van der Waals surface area contributed by atoms with Crippen LogP contribution in [0.15, 0.2) is 24.3 Å². The van der Waals surface area contributed by atoms with Crippen LogP contribution in [0, 0.1) is 11.3 Å². The Hall–Kier alpha value is -1.99. The average molecular weight is 266 g/mol. The quantitative estimate of drug-likeness (QED) is 0.831. The van der Waals surface area contributed by atoms with E-state index in [1.807, 2.05) is 13.0 Å². The Morgan fingerprint density at radius 2 is 2.39 bits per heavy atom. The minimum Gasteiger partial charge on any atom is -0.478 e. The molecule has 0 heterocycles. The number of carboxylic acids is 1. The molecule has 1 aromatic rings. The van der Waals surface area contributed by atoms with Gasteiger partial charge in [-0.15, -0.1) is 0 Å². The molecular weight excluding hydrogens is 254 g/mol. The van der Waals surface area contributed by atoms with E-state index in [9.17, 15) is 4.79 Å². The second kappa shape index (κ2) is 6.67. The Kier molecular flexibility index (Phi) is 5.22. The molecule has 0 amide bonds. The summed E-state index contributed by atoms with van der Waals surface area (Å²) in [7, 11) is 0. The fraction of sp³-hybridized carbons (Fsp3) is 0.231. The molecule has 0 saturated carbocycles. The van der Waals surface area contributed by atoms with E-state index in [0.717, 1.165) is 6.08 Å². The third kappa shape index (κ3) is 4.11. The molecule has 0 aliphatic heterocycles. The van der Waals surface area contributed by atoms with Crippen molar-refractivity contribution >= 4 is 23.6 Å². The number of nitriles is 1. The van der Waals surface area contributed by atoms with E-state index in [-0.39, 0.29) is 0 Å². The first-order chi connectivity index (χ1) is 8.56. The fourth-order valence-electron chi connectivity index (χ4n) is 1.27. The maximum atomic E-state index is 10.5. The summed E-state index contributed by atoms with van der Waals surface area (Å²) in [6.45, 7) is 1.83. The summed E-state index contributed by atoms with van der Waals surface area (Å²) in [6, 6.07) is 6.83. The predicted molar refractivity (Wildman–Crippen MR) is 68.4 cm³/mol. The summed E-state index contributed by atoms with van der Waals surface area (Å²) in [5.41, 5.74) is 0.526. The molecule has 0 radical (unpaired) electrons. The highest BCUT2D eigenvalue weighted by atomic mass is 35.5. The lowest BCUT2D eigenvalue weighted by molar-refractivity contribution is -0.131.